The van der Waals surface area contributed by atoms with Crippen LogP contribution in [0, 0.1) is 11.6 Å². The first-order valence-electron chi connectivity index (χ1n) is 9.26. The van der Waals surface area contributed by atoms with Crippen molar-refractivity contribution in [3.05, 3.63) is 29.8 Å². The number of hydrogen-bond donors (Lipinski definition) is 1. The van der Waals surface area contributed by atoms with E-state index in [9.17, 15) is 23.2 Å². The summed E-state index contributed by atoms with van der Waals surface area (Å²) in [6.45, 7) is 4.41. The van der Waals surface area contributed by atoms with Gasteiger partial charge >= 0.3 is 6.09 Å². The van der Waals surface area contributed by atoms with Gasteiger partial charge in [-0.25, -0.2) is 13.6 Å². The van der Waals surface area contributed by atoms with E-state index in [0.717, 1.165) is 12.1 Å². The Labute approximate surface area is 162 Å². The largest absolute Gasteiger partial charge is 0.450 e. The molecule has 0 saturated carbocycles. The fourth-order valence-corrected chi connectivity index (χ4v) is 3.06. The first kappa shape index (κ1) is 21.6. The lowest BCUT2D eigenvalue weighted by atomic mass is 10.1. The summed E-state index contributed by atoms with van der Waals surface area (Å²) < 4.78 is 31.5. The number of hydrogen-bond acceptors (Lipinski definition) is 4. The van der Waals surface area contributed by atoms with E-state index in [-0.39, 0.29) is 42.6 Å². The number of likely N-dealkylation sites (tertiary alicyclic amines) is 1. The minimum Gasteiger partial charge on any atom is -0.450 e. The maximum Gasteiger partial charge on any atom is 0.409 e. The second-order valence-electron chi connectivity index (χ2n) is 6.55. The normalized spacial score (nSPS) is 14.5. The van der Waals surface area contributed by atoms with Crippen LogP contribution in [-0.4, -0.2) is 55.1 Å². The summed E-state index contributed by atoms with van der Waals surface area (Å²) in [6.07, 6.45) is 0.904. The Bertz CT molecular complexity index is 721. The highest BCUT2D eigenvalue weighted by Gasteiger charge is 2.25. The van der Waals surface area contributed by atoms with Gasteiger partial charge in [-0.3, -0.25) is 9.59 Å². The number of carbonyl (C=O) groups excluding carboxylic acids is 3. The Morgan fingerprint density at radius 2 is 1.89 bits per heavy atom. The number of piperidine rings is 1. The number of halogens is 2. The fraction of sp³-hybridized carbons (Fsp3) is 0.526. The van der Waals surface area contributed by atoms with Crippen LogP contribution in [-0.2, 0) is 14.3 Å². The molecule has 1 aromatic carbocycles. The molecule has 1 aliphatic heterocycles. The highest BCUT2D eigenvalue weighted by molar-refractivity contribution is 5.92. The van der Waals surface area contributed by atoms with Crippen LogP contribution in [0.2, 0.25) is 0 Å². The van der Waals surface area contributed by atoms with Crippen molar-refractivity contribution in [1.29, 1.82) is 0 Å². The van der Waals surface area contributed by atoms with Crippen LogP contribution in [0.25, 0.3) is 0 Å². The lowest BCUT2D eigenvalue weighted by Crippen LogP contribution is -2.47. The van der Waals surface area contributed by atoms with Gasteiger partial charge in [0.15, 0.2) is 11.6 Å². The minimum atomic E-state index is -1.05. The highest BCUT2D eigenvalue weighted by Crippen LogP contribution is 2.19. The van der Waals surface area contributed by atoms with Gasteiger partial charge in [0, 0.05) is 50.8 Å². The van der Waals surface area contributed by atoms with Crippen LogP contribution in [0.4, 0.5) is 19.3 Å². The summed E-state index contributed by atoms with van der Waals surface area (Å²) in [5.41, 5.74) is 0.196. The van der Waals surface area contributed by atoms with Crippen molar-refractivity contribution in [3.8, 4) is 0 Å². The van der Waals surface area contributed by atoms with Gasteiger partial charge in [-0.1, -0.05) is 0 Å². The van der Waals surface area contributed by atoms with Crippen LogP contribution in [0.3, 0.4) is 0 Å². The lowest BCUT2D eigenvalue weighted by molar-refractivity contribution is -0.122. The average molecular weight is 397 g/mol. The Kier molecular flexibility index (Phi) is 7.71. The molecule has 0 atom stereocenters. The molecule has 1 N–H and O–H groups in total. The Hall–Kier alpha value is -2.71. The molecule has 0 bridgehead atoms. The number of carbonyl (C=O) groups is 3. The van der Waals surface area contributed by atoms with Crippen LogP contribution in [0.15, 0.2) is 18.2 Å². The molecular weight excluding hydrogens is 372 g/mol. The highest BCUT2D eigenvalue weighted by atomic mass is 19.2. The zero-order chi connectivity index (χ0) is 20.7. The van der Waals surface area contributed by atoms with Gasteiger partial charge in [-0.05, 0) is 31.9 Å². The summed E-state index contributed by atoms with van der Waals surface area (Å²) in [4.78, 5) is 38.6. The van der Waals surface area contributed by atoms with Gasteiger partial charge in [0.1, 0.15) is 0 Å². The van der Waals surface area contributed by atoms with Crippen molar-refractivity contribution >= 4 is 23.6 Å². The van der Waals surface area contributed by atoms with Crippen LogP contribution in [0.1, 0.15) is 33.1 Å². The molecule has 3 amide bonds. The number of nitrogens with one attached hydrogen (secondary N) is 1. The summed E-state index contributed by atoms with van der Waals surface area (Å²) in [5, 5.41) is 2.89. The quantitative estimate of drug-likeness (QED) is 0.800. The zero-order valence-corrected chi connectivity index (χ0v) is 16.0. The molecule has 1 heterocycles. The third-order valence-electron chi connectivity index (χ3n) is 4.54. The third-order valence-corrected chi connectivity index (χ3v) is 4.54. The molecule has 1 aliphatic rings. The summed E-state index contributed by atoms with van der Waals surface area (Å²) in [6, 6.07) is 3.10. The summed E-state index contributed by atoms with van der Waals surface area (Å²) in [7, 11) is 0. The standard InChI is InChI=1S/C19H25F2N3O4/c1-3-28-19(27)23-9-6-14(7-10-23)22-18(26)8-11-24(13(2)25)15-4-5-16(20)17(21)12-15/h4-5,12,14H,3,6-11H2,1-2H3,(H,22,26). The molecule has 1 fully saturated rings. The lowest BCUT2D eigenvalue weighted by Gasteiger charge is -2.31. The molecule has 0 unspecified atom stereocenters. The molecule has 0 aliphatic carbocycles. The van der Waals surface area contributed by atoms with E-state index in [1.54, 1.807) is 11.8 Å². The number of ether oxygens (including phenoxy) is 1. The van der Waals surface area contributed by atoms with E-state index in [1.165, 1.54) is 17.9 Å². The van der Waals surface area contributed by atoms with Crippen molar-refractivity contribution in [1.82, 2.24) is 10.2 Å². The molecule has 1 saturated heterocycles. The zero-order valence-electron chi connectivity index (χ0n) is 16.0. The van der Waals surface area contributed by atoms with Gasteiger partial charge in [0.25, 0.3) is 0 Å². The summed E-state index contributed by atoms with van der Waals surface area (Å²) in [5.74, 6) is -2.68. The monoisotopic (exact) mass is 397 g/mol. The smallest absolute Gasteiger partial charge is 0.409 e. The van der Waals surface area contributed by atoms with Crippen molar-refractivity contribution < 1.29 is 27.9 Å². The van der Waals surface area contributed by atoms with Gasteiger partial charge in [0.05, 0.1) is 6.61 Å². The van der Waals surface area contributed by atoms with Gasteiger partial charge in [-0.2, -0.15) is 0 Å². The van der Waals surface area contributed by atoms with Gasteiger partial charge in [0.2, 0.25) is 11.8 Å². The SMILES string of the molecule is CCOC(=O)N1CCC(NC(=O)CCN(C(C)=O)c2ccc(F)c(F)c2)CC1. The topological polar surface area (TPSA) is 79.0 Å². The van der Waals surface area contributed by atoms with Crippen molar-refractivity contribution in [2.75, 3.05) is 31.1 Å². The van der Waals surface area contributed by atoms with Gasteiger partial charge in [-0.15, -0.1) is 0 Å². The summed E-state index contributed by atoms with van der Waals surface area (Å²) >= 11 is 0. The first-order valence-corrected chi connectivity index (χ1v) is 9.26. The second-order valence-corrected chi connectivity index (χ2v) is 6.55. The molecule has 0 spiro atoms. The molecule has 1 aromatic rings. The van der Waals surface area contributed by atoms with Crippen LogP contribution >= 0.6 is 0 Å². The van der Waals surface area contributed by atoms with E-state index >= 15 is 0 Å². The fourth-order valence-electron chi connectivity index (χ4n) is 3.06. The predicted octanol–water partition coefficient (Wildman–Crippen LogP) is 2.44. The molecule has 7 nitrogen and oxygen atoms in total. The Balaban J connectivity index is 1.83. The number of anilines is 1. The van der Waals surface area contributed by atoms with Gasteiger partial charge < -0.3 is 19.9 Å². The number of amides is 3. The number of rotatable bonds is 6. The maximum absolute atomic E-state index is 13.4. The molecule has 0 radical (unpaired) electrons. The average Bonchev–Trinajstić information content (AvgIpc) is 2.65. The van der Waals surface area contributed by atoms with Crippen LogP contribution < -0.4 is 10.2 Å². The molecule has 2 rings (SSSR count). The van der Waals surface area contributed by atoms with E-state index in [0.29, 0.717) is 32.5 Å². The molecule has 0 aromatic heterocycles. The number of nitrogens with zero attached hydrogens (tertiary/aromatic N) is 2. The second kappa shape index (κ2) is 10.0. The van der Waals surface area contributed by atoms with E-state index in [4.69, 9.17) is 4.74 Å². The van der Waals surface area contributed by atoms with E-state index in [1.807, 2.05) is 0 Å². The van der Waals surface area contributed by atoms with Crippen molar-refractivity contribution in [2.45, 2.75) is 39.2 Å². The maximum atomic E-state index is 13.4. The Morgan fingerprint density at radius 3 is 2.46 bits per heavy atom. The molecule has 28 heavy (non-hydrogen) atoms. The van der Waals surface area contributed by atoms with E-state index < -0.39 is 11.6 Å². The van der Waals surface area contributed by atoms with Crippen LogP contribution in [0.5, 0.6) is 0 Å². The molecule has 9 heteroatoms. The third kappa shape index (κ3) is 5.90. The predicted molar refractivity (Wildman–Crippen MR) is 98.8 cm³/mol. The van der Waals surface area contributed by atoms with Crippen molar-refractivity contribution in [2.24, 2.45) is 0 Å². The minimum absolute atomic E-state index is 0.0245. The number of benzene rings is 1. The Morgan fingerprint density at radius 1 is 1.21 bits per heavy atom. The molecule has 154 valence electrons. The first-order chi connectivity index (χ1) is 13.3. The van der Waals surface area contributed by atoms with E-state index in [2.05, 4.69) is 5.32 Å². The van der Waals surface area contributed by atoms with Crippen molar-refractivity contribution in [3.63, 3.8) is 0 Å². The molecular formula is C19H25F2N3O4.